The molecule has 1 aromatic heterocycles. The van der Waals surface area contributed by atoms with E-state index in [2.05, 4.69) is 10.4 Å². The zero-order valence-corrected chi connectivity index (χ0v) is 9.63. The summed E-state index contributed by atoms with van der Waals surface area (Å²) in [5, 5.41) is 3.08. The van der Waals surface area contributed by atoms with Gasteiger partial charge in [-0.3, -0.25) is 0 Å². The maximum absolute atomic E-state index is 5.93. The van der Waals surface area contributed by atoms with Crippen LogP contribution in [0.25, 0.3) is 0 Å². The van der Waals surface area contributed by atoms with Crippen LogP contribution in [-0.2, 0) is 16.1 Å². The van der Waals surface area contributed by atoms with E-state index < -0.39 is 0 Å². The first-order valence-electron chi connectivity index (χ1n) is 5.16. The Morgan fingerprint density at radius 3 is 3.20 bits per heavy atom. The van der Waals surface area contributed by atoms with Crippen molar-refractivity contribution in [1.82, 2.24) is 4.98 Å². The van der Waals surface area contributed by atoms with Crippen molar-refractivity contribution in [2.45, 2.75) is 25.5 Å². The quantitative estimate of drug-likeness (QED) is 0.839. The summed E-state index contributed by atoms with van der Waals surface area (Å²) in [6, 6.07) is 0.0899. The molecule has 0 bridgehead atoms. The molecule has 1 aliphatic rings. The number of aromatic nitrogens is 1. The highest BCUT2D eigenvalue weighted by Crippen LogP contribution is 2.25. The molecule has 2 atom stereocenters. The number of rotatable bonds is 4. The van der Waals surface area contributed by atoms with Gasteiger partial charge in [0.05, 0.1) is 25.5 Å². The minimum Gasteiger partial charge on any atom is -0.379 e. The van der Waals surface area contributed by atoms with Gasteiger partial charge in [0, 0.05) is 23.9 Å². The predicted molar refractivity (Wildman–Crippen MR) is 59.0 cm³/mol. The van der Waals surface area contributed by atoms with E-state index >= 15 is 0 Å². The van der Waals surface area contributed by atoms with Crippen LogP contribution in [0.1, 0.15) is 23.5 Å². The van der Waals surface area contributed by atoms with Crippen molar-refractivity contribution in [3.63, 3.8) is 0 Å². The van der Waals surface area contributed by atoms with E-state index in [1.807, 2.05) is 6.92 Å². The molecule has 0 radical (unpaired) electrons. The molecular weight excluding hydrogens is 212 g/mol. The molecule has 0 saturated carbocycles. The van der Waals surface area contributed by atoms with Crippen LogP contribution in [0.2, 0.25) is 0 Å². The number of thiazole rings is 1. The fraction of sp³-hybridized carbons (Fsp3) is 0.700. The Balaban J connectivity index is 1.99. The van der Waals surface area contributed by atoms with Crippen LogP contribution in [0.15, 0.2) is 5.38 Å². The first-order valence-corrected chi connectivity index (χ1v) is 6.04. The monoisotopic (exact) mass is 228 g/mol. The smallest absolute Gasteiger partial charge is 0.119 e. The number of ether oxygens (including phenoxy) is 2. The van der Waals surface area contributed by atoms with Crippen LogP contribution in [0.5, 0.6) is 0 Å². The molecule has 2 N–H and O–H groups in total. The summed E-state index contributed by atoms with van der Waals surface area (Å²) < 4.78 is 10.6. The van der Waals surface area contributed by atoms with Crippen molar-refractivity contribution in [3.05, 3.63) is 16.1 Å². The van der Waals surface area contributed by atoms with E-state index in [9.17, 15) is 0 Å². The van der Waals surface area contributed by atoms with Crippen LogP contribution in [0, 0.1) is 0 Å². The van der Waals surface area contributed by atoms with E-state index in [-0.39, 0.29) is 12.0 Å². The topological polar surface area (TPSA) is 57.4 Å². The molecule has 1 aromatic rings. The third-order valence-electron chi connectivity index (χ3n) is 2.50. The van der Waals surface area contributed by atoms with Gasteiger partial charge in [0.25, 0.3) is 0 Å². The summed E-state index contributed by atoms with van der Waals surface area (Å²) in [5.41, 5.74) is 6.98. The van der Waals surface area contributed by atoms with Crippen LogP contribution in [-0.4, -0.2) is 30.8 Å². The van der Waals surface area contributed by atoms with Gasteiger partial charge in [0.15, 0.2) is 0 Å². The molecule has 15 heavy (non-hydrogen) atoms. The lowest BCUT2D eigenvalue weighted by Crippen LogP contribution is -2.27. The molecule has 1 saturated heterocycles. The van der Waals surface area contributed by atoms with Gasteiger partial charge in [-0.05, 0) is 6.92 Å². The second-order valence-corrected chi connectivity index (χ2v) is 4.55. The summed E-state index contributed by atoms with van der Waals surface area (Å²) in [7, 11) is 0. The summed E-state index contributed by atoms with van der Waals surface area (Å²) in [5.74, 6) is 0.261. The highest BCUT2D eigenvalue weighted by Gasteiger charge is 2.28. The average molecular weight is 228 g/mol. The SMILES string of the molecule is CCOCc1nc(C2COCC2N)cs1. The molecule has 1 fully saturated rings. The predicted octanol–water partition coefficient (Wildman–Crippen LogP) is 1.12. The fourth-order valence-corrected chi connectivity index (χ4v) is 2.42. The third-order valence-corrected chi connectivity index (χ3v) is 3.34. The van der Waals surface area contributed by atoms with Crippen molar-refractivity contribution in [2.75, 3.05) is 19.8 Å². The van der Waals surface area contributed by atoms with Gasteiger partial charge in [-0.25, -0.2) is 4.98 Å². The van der Waals surface area contributed by atoms with Crippen LogP contribution < -0.4 is 5.73 Å². The normalized spacial score (nSPS) is 26.0. The maximum atomic E-state index is 5.93. The molecule has 2 unspecified atom stereocenters. The third kappa shape index (κ3) is 2.55. The molecule has 2 heterocycles. The van der Waals surface area contributed by atoms with Crippen molar-refractivity contribution in [1.29, 1.82) is 0 Å². The molecular formula is C10H16N2O2S. The summed E-state index contributed by atoms with van der Waals surface area (Å²) >= 11 is 1.63. The zero-order chi connectivity index (χ0) is 10.7. The summed E-state index contributed by atoms with van der Waals surface area (Å²) in [6.07, 6.45) is 0. The van der Waals surface area contributed by atoms with Crippen molar-refractivity contribution in [2.24, 2.45) is 5.73 Å². The highest BCUT2D eigenvalue weighted by molar-refractivity contribution is 7.09. The van der Waals surface area contributed by atoms with Gasteiger partial charge >= 0.3 is 0 Å². The van der Waals surface area contributed by atoms with Crippen LogP contribution in [0.4, 0.5) is 0 Å². The molecule has 0 spiro atoms. The number of nitrogens with two attached hydrogens (primary N) is 1. The minimum atomic E-state index is 0.0899. The Hall–Kier alpha value is -0.490. The number of nitrogens with zero attached hydrogens (tertiary/aromatic N) is 1. The first-order chi connectivity index (χ1) is 7.31. The van der Waals surface area contributed by atoms with Crippen molar-refractivity contribution >= 4 is 11.3 Å². The van der Waals surface area contributed by atoms with Gasteiger partial charge in [0.2, 0.25) is 0 Å². The van der Waals surface area contributed by atoms with E-state index in [4.69, 9.17) is 15.2 Å². The Labute approximate surface area is 93.4 Å². The van der Waals surface area contributed by atoms with Gasteiger partial charge in [-0.2, -0.15) is 0 Å². The highest BCUT2D eigenvalue weighted by atomic mass is 32.1. The lowest BCUT2D eigenvalue weighted by atomic mass is 10.0. The lowest BCUT2D eigenvalue weighted by Gasteiger charge is -2.09. The average Bonchev–Trinajstić information content (AvgIpc) is 2.83. The molecule has 0 aliphatic carbocycles. The zero-order valence-electron chi connectivity index (χ0n) is 8.81. The second kappa shape index (κ2) is 5.03. The Morgan fingerprint density at radius 1 is 1.67 bits per heavy atom. The number of hydrogen-bond acceptors (Lipinski definition) is 5. The molecule has 0 aromatic carbocycles. The first kappa shape index (κ1) is 11.0. The van der Waals surface area contributed by atoms with Crippen molar-refractivity contribution < 1.29 is 9.47 Å². The Kier molecular flexibility index (Phi) is 3.69. The molecule has 0 amide bonds. The van der Waals surface area contributed by atoms with Gasteiger partial charge < -0.3 is 15.2 Å². The molecule has 84 valence electrons. The standard InChI is InChI=1S/C10H16N2O2S/c1-2-13-5-10-12-9(6-15-10)7-3-14-4-8(7)11/h6-8H,2-5,11H2,1H3. The molecule has 4 nitrogen and oxygen atoms in total. The molecule has 1 aliphatic heterocycles. The molecule has 5 heteroatoms. The van der Waals surface area contributed by atoms with Gasteiger partial charge in [-0.1, -0.05) is 0 Å². The largest absolute Gasteiger partial charge is 0.379 e. The number of hydrogen-bond donors (Lipinski definition) is 1. The Bertz CT molecular complexity index is 316. The van der Waals surface area contributed by atoms with E-state index in [0.29, 0.717) is 19.8 Å². The van der Waals surface area contributed by atoms with E-state index in [0.717, 1.165) is 17.3 Å². The maximum Gasteiger partial charge on any atom is 0.119 e. The van der Waals surface area contributed by atoms with E-state index in [1.54, 1.807) is 11.3 Å². The minimum absolute atomic E-state index is 0.0899. The van der Waals surface area contributed by atoms with Crippen LogP contribution in [0.3, 0.4) is 0 Å². The van der Waals surface area contributed by atoms with Gasteiger partial charge in [0.1, 0.15) is 5.01 Å². The molecule has 2 rings (SSSR count). The van der Waals surface area contributed by atoms with E-state index in [1.165, 1.54) is 0 Å². The lowest BCUT2D eigenvalue weighted by molar-refractivity contribution is 0.133. The summed E-state index contributed by atoms with van der Waals surface area (Å²) in [4.78, 5) is 4.51. The summed E-state index contributed by atoms with van der Waals surface area (Å²) in [6.45, 7) is 4.64. The van der Waals surface area contributed by atoms with Gasteiger partial charge in [-0.15, -0.1) is 11.3 Å². The Morgan fingerprint density at radius 2 is 2.53 bits per heavy atom. The van der Waals surface area contributed by atoms with Crippen LogP contribution >= 0.6 is 11.3 Å². The van der Waals surface area contributed by atoms with Crippen molar-refractivity contribution in [3.8, 4) is 0 Å². The second-order valence-electron chi connectivity index (χ2n) is 3.61. The fourth-order valence-electron chi connectivity index (χ4n) is 1.63.